The van der Waals surface area contributed by atoms with Gasteiger partial charge in [-0.1, -0.05) is 22.0 Å². The number of nitrogens with one attached hydrogen (secondary N) is 1. The van der Waals surface area contributed by atoms with Crippen molar-refractivity contribution in [1.82, 2.24) is 5.32 Å². The molecule has 0 saturated carbocycles. The number of hydrogen-bond acceptors (Lipinski definition) is 2. The molecule has 94 valence electrons. The van der Waals surface area contributed by atoms with Crippen LogP contribution in [0, 0.1) is 6.92 Å². The predicted molar refractivity (Wildman–Crippen MR) is 72.1 cm³/mol. The lowest BCUT2D eigenvalue weighted by molar-refractivity contribution is 0.0936. The van der Waals surface area contributed by atoms with Crippen LogP contribution in [0.4, 0.5) is 0 Å². The van der Waals surface area contributed by atoms with Crippen molar-refractivity contribution in [1.29, 1.82) is 0 Å². The minimum Gasteiger partial charge on any atom is -0.396 e. The molecule has 1 rings (SSSR count). The third-order valence-electron chi connectivity index (χ3n) is 2.61. The maximum atomic E-state index is 11.9. The summed E-state index contributed by atoms with van der Waals surface area (Å²) in [7, 11) is 0. The fourth-order valence-corrected chi connectivity index (χ4v) is 1.89. The van der Waals surface area contributed by atoms with Crippen molar-refractivity contribution in [3.63, 3.8) is 0 Å². The molecule has 0 saturated heterocycles. The molecule has 0 fully saturated rings. The number of aryl methyl sites for hydroxylation is 1. The van der Waals surface area contributed by atoms with Gasteiger partial charge in [-0.2, -0.15) is 0 Å². The van der Waals surface area contributed by atoms with Crippen LogP contribution in [0.15, 0.2) is 22.7 Å². The van der Waals surface area contributed by atoms with E-state index in [0.717, 1.165) is 16.5 Å². The lowest BCUT2D eigenvalue weighted by Gasteiger charge is -2.13. The molecule has 1 atom stereocenters. The summed E-state index contributed by atoms with van der Waals surface area (Å²) in [6.45, 7) is 4.09. The molecule has 0 aromatic heterocycles. The summed E-state index contributed by atoms with van der Waals surface area (Å²) in [5.41, 5.74) is 1.76. The Morgan fingerprint density at radius 2 is 2.24 bits per heavy atom. The van der Waals surface area contributed by atoms with Crippen molar-refractivity contribution in [2.45, 2.75) is 32.7 Å². The van der Waals surface area contributed by atoms with Crippen molar-refractivity contribution >= 4 is 21.8 Å². The van der Waals surface area contributed by atoms with E-state index in [1.165, 1.54) is 0 Å². The molecule has 1 unspecified atom stereocenters. The zero-order chi connectivity index (χ0) is 12.8. The number of aliphatic hydroxyl groups is 1. The Labute approximate surface area is 110 Å². The van der Waals surface area contributed by atoms with E-state index in [9.17, 15) is 4.79 Å². The van der Waals surface area contributed by atoms with E-state index in [0.29, 0.717) is 12.0 Å². The fraction of sp³-hybridized carbons (Fsp3) is 0.462. The molecule has 1 amide bonds. The van der Waals surface area contributed by atoms with Crippen LogP contribution in [0.1, 0.15) is 35.7 Å². The Morgan fingerprint density at radius 1 is 1.53 bits per heavy atom. The second kappa shape index (κ2) is 6.77. The molecule has 0 aliphatic carbocycles. The van der Waals surface area contributed by atoms with E-state index in [1.54, 1.807) is 0 Å². The molecule has 1 aromatic carbocycles. The van der Waals surface area contributed by atoms with E-state index in [2.05, 4.69) is 21.2 Å². The summed E-state index contributed by atoms with van der Waals surface area (Å²) in [5.74, 6) is -0.0730. The quantitative estimate of drug-likeness (QED) is 0.878. The van der Waals surface area contributed by atoms with Crippen LogP contribution >= 0.6 is 15.9 Å². The Morgan fingerprint density at radius 3 is 2.82 bits per heavy atom. The van der Waals surface area contributed by atoms with Gasteiger partial charge in [0.2, 0.25) is 0 Å². The number of carbonyl (C=O) groups excluding carboxylic acids is 1. The van der Waals surface area contributed by atoms with Gasteiger partial charge in [-0.3, -0.25) is 4.79 Å². The normalized spacial score (nSPS) is 12.2. The van der Waals surface area contributed by atoms with E-state index in [1.807, 2.05) is 32.0 Å². The molecule has 0 bridgehead atoms. The Hall–Kier alpha value is -0.870. The minimum atomic E-state index is -0.0730. The van der Waals surface area contributed by atoms with Gasteiger partial charge >= 0.3 is 0 Å². The van der Waals surface area contributed by atoms with Gasteiger partial charge < -0.3 is 10.4 Å². The average molecular weight is 300 g/mol. The van der Waals surface area contributed by atoms with Gasteiger partial charge in [-0.25, -0.2) is 0 Å². The summed E-state index contributed by atoms with van der Waals surface area (Å²) in [5, 5.41) is 11.6. The van der Waals surface area contributed by atoms with Crippen LogP contribution in [-0.2, 0) is 0 Å². The first kappa shape index (κ1) is 14.2. The standard InChI is InChI=1S/C13H18BrNO2/c1-9-5-6-11(8-12(9)14)13(17)15-10(2)4-3-7-16/h5-6,8,10,16H,3-4,7H2,1-2H3,(H,15,17). The molecular weight excluding hydrogens is 282 g/mol. The third-order valence-corrected chi connectivity index (χ3v) is 3.46. The summed E-state index contributed by atoms with van der Waals surface area (Å²) < 4.78 is 0.938. The smallest absolute Gasteiger partial charge is 0.251 e. The van der Waals surface area contributed by atoms with Crippen LogP contribution in [0.2, 0.25) is 0 Å². The summed E-state index contributed by atoms with van der Waals surface area (Å²) in [4.78, 5) is 11.9. The second-order valence-corrected chi connectivity index (χ2v) is 5.06. The molecule has 0 radical (unpaired) electrons. The molecule has 17 heavy (non-hydrogen) atoms. The van der Waals surface area contributed by atoms with Crippen LogP contribution in [0.25, 0.3) is 0 Å². The largest absolute Gasteiger partial charge is 0.396 e. The van der Waals surface area contributed by atoms with Crippen molar-refractivity contribution in [3.8, 4) is 0 Å². The summed E-state index contributed by atoms with van der Waals surface area (Å²) in [6.07, 6.45) is 1.49. The number of aliphatic hydroxyl groups excluding tert-OH is 1. The van der Waals surface area contributed by atoms with Crippen LogP contribution in [-0.4, -0.2) is 23.7 Å². The van der Waals surface area contributed by atoms with E-state index < -0.39 is 0 Å². The minimum absolute atomic E-state index is 0.0730. The molecular formula is C13H18BrNO2. The van der Waals surface area contributed by atoms with E-state index in [4.69, 9.17) is 5.11 Å². The van der Waals surface area contributed by atoms with Gasteiger partial charge in [0.05, 0.1) is 0 Å². The molecule has 2 N–H and O–H groups in total. The summed E-state index contributed by atoms with van der Waals surface area (Å²) in [6, 6.07) is 5.63. The monoisotopic (exact) mass is 299 g/mol. The van der Waals surface area contributed by atoms with Crippen molar-refractivity contribution in [2.24, 2.45) is 0 Å². The number of benzene rings is 1. The number of amides is 1. The second-order valence-electron chi connectivity index (χ2n) is 4.20. The highest BCUT2D eigenvalue weighted by Gasteiger charge is 2.10. The Balaban J connectivity index is 2.60. The maximum Gasteiger partial charge on any atom is 0.251 e. The highest BCUT2D eigenvalue weighted by molar-refractivity contribution is 9.10. The fourth-order valence-electron chi connectivity index (χ4n) is 1.51. The summed E-state index contributed by atoms with van der Waals surface area (Å²) >= 11 is 3.41. The van der Waals surface area contributed by atoms with Crippen LogP contribution in [0.3, 0.4) is 0 Å². The topological polar surface area (TPSA) is 49.3 Å². The molecule has 4 heteroatoms. The van der Waals surface area contributed by atoms with E-state index >= 15 is 0 Å². The zero-order valence-electron chi connectivity index (χ0n) is 10.2. The lowest BCUT2D eigenvalue weighted by Crippen LogP contribution is -2.32. The van der Waals surface area contributed by atoms with Gasteiger partial charge in [-0.15, -0.1) is 0 Å². The highest BCUT2D eigenvalue weighted by atomic mass is 79.9. The molecule has 3 nitrogen and oxygen atoms in total. The lowest BCUT2D eigenvalue weighted by atomic mass is 10.1. The average Bonchev–Trinajstić information content (AvgIpc) is 2.30. The first-order valence-corrected chi connectivity index (χ1v) is 6.51. The van der Waals surface area contributed by atoms with Crippen molar-refractivity contribution in [2.75, 3.05) is 6.61 Å². The predicted octanol–water partition coefficient (Wildman–Crippen LogP) is 2.65. The molecule has 0 spiro atoms. The number of hydrogen-bond donors (Lipinski definition) is 2. The highest BCUT2D eigenvalue weighted by Crippen LogP contribution is 2.17. The van der Waals surface area contributed by atoms with Gasteiger partial charge in [-0.05, 0) is 44.4 Å². The van der Waals surface area contributed by atoms with Crippen LogP contribution < -0.4 is 5.32 Å². The Kier molecular flexibility index (Phi) is 5.65. The third kappa shape index (κ3) is 4.48. The zero-order valence-corrected chi connectivity index (χ0v) is 11.8. The molecule has 0 aliphatic rings. The van der Waals surface area contributed by atoms with Gasteiger partial charge in [0.25, 0.3) is 5.91 Å². The number of rotatable bonds is 5. The molecule has 0 aliphatic heterocycles. The molecule has 1 aromatic rings. The van der Waals surface area contributed by atoms with Gasteiger partial charge in [0.1, 0.15) is 0 Å². The number of carbonyl (C=O) groups is 1. The first-order chi connectivity index (χ1) is 8.04. The van der Waals surface area contributed by atoms with E-state index in [-0.39, 0.29) is 18.6 Å². The molecule has 0 heterocycles. The first-order valence-electron chi connectivity index (χ1n) is 5.72. The maximum absolute atomic E-state index is 11.9. The van der Waals surface area contributed by atoms with Gasteiger partial charge in [0, 0.05) is 22.7 Å². The van der Waals surface area contributed by atoms with Crippen LogP contribution in [0.5, 0.6) is 0 Å². The van der Waals surface area contributed by atoms with Crippen molar-refractivity contribution < 1.29 is 9.90 Å². The SMILES string of the molecule is Cc1ccc(C(=O)NC(C)CCCO)cc1Br. The number of halogens is 1. The Bertz CT molecular complexity index is 393. The van der Waals surface area contributed by atoms with Crippen molar-refractivity contribution in [3.05, 3.63) is 33.8 Å². The van der Waals surface area contributed by atoms with Gasteiger partial charge in [0.15, 0.2) is 0 Å².